The van der Waals surface area contributed by atoms with E-state index in [1.807, 2.05) is 35.7 Å². The average Bonchev–Trinajstić information content (AvgIpc) is 3.03. The van der Waals surface area contributed by atoms with Crippen LogP contribution in [0.2, 0.25) is 0 Å². The maximum absolute atomic E-state index is 11.9. The molecule has 1 amide bonds. The second-order valence-electron chi connectivity index (χ2n) is 4.58. The first-order valence-electron chi connectivity index (χ1n) is 7.08. The third kappa shape index (κ3) is 4.82. The van der Waals surface area contributed by atoms with Crippen molar-refractivity contribution in [2.45, 2.75) is 19.8 Å². The Kier molecular flexibility index (Phi) is 6.36. The minimum Gasteiger partial charge on any atom is -0.491 e. The summed E-state index contributed by atoms with van der Waals surface area (Å²) in [4.78, 5) is 12.6. The van der Waals surface area contributed by atoms with Crippen molar-refractivity contribution in [3.05, 3.63) is 46.7 Å². The highest BCUT2D eigenvalue weighted by molar-refractivity contribution is 7.80. The van der Waals surface area contributed by atoms with Crippen LogP contribution in [0.3, 0.4) is 0 Å². The van der Waals surface area contributed by atoms with Crippen LogP contribution in [-0.4, -0.2) is 17.6 Å². The van der Waals surface area contributed by atoms with Gasteiger partial charge in [0.2, 0.25) is 0 Å². The third-order valence-corrected chi connectivity index (χ3v) is 3.94. The van der Waals surface area contributed by atoms with Crippen LogP contribution in [0, 0.1) is 0 Å². The highest BCUT2D eigenvalue weighted by Crippen LogP contribution is 2.24. The van der Waals surface area contributed by atoms with Gasteiger partial charge in [0.15, 0.2) is 5.11 Å². The van der Waals surface area contributed by atoms with Crippen LogP contribution in [0.25, 0.3) is 0 Å². The number of ether oxygens (including phenoxy) is 1. The standard InChI is InChI=1S/C16H18N2O2S2/c1-2-3-10-20-13-8-5-4-7-12(13)17-16(21)18-15(19)14-9-6-11-22-14/h4-9,11H,2-3,10H2,1H3,(H2,17,18,19,21). The molecule has 1 aromatic heterocycles. The van der Waals surface area contributed by atoms with E-state index in [4.69, 9.17) is 17.0 Å². The quantitative estimate of drug-likeness (QED) is 0.618. The molecule has 0 saturated heterocycles. The van der Waals surface area contributed by atoms with Crippen molar-refractivity contribution in [3.8, 4) is 5.75 Å². The fourth-order valence-corrected chi connectivity index (χ4v) is 2.57. The van der Waals surface area contributed by atoms with E-state index in [0.29, 0.717) is 11.5 Å². The maximum Gasteiger partial charge on any atom is 0.267 e. The molecule has 1 aromatic carbocycles. The molecular formula is C16H18N2O2S2. The summed E-state index contributed by atoms with van der Waals surface area (Å²) < 4.78 is 5.72. The van der Waals surface area contributed by atoms with Crippen molar-refractivity contribution in [1.29, 1.82) is 0 Å². The predicted molar refractivity (Wildman–Crippen MR) is 94.9 cm³/mol. The van der Waals surface area contributed by atoms with E-state index in [-0.39, 0.29) is 11.0 Å². The molecule has 0 saturated carbocycles. The number of amides is 1. The lowest BCUT2D eigenvalue weighted by molar-refractivity contribution is 0.0981. The number of thiocarbonyl (C=S) groups is 1. The summed E-state index contributed by atoms with van der Waals surface area (Å²) in [5.74, 6) is 0.514. The lowest BCUT2D eigenvalue weighted by Gasteiger charge is -2.13. The van der Waals surface area contributed by atoms with Crippen LogP contribution in [0.4, 0.5) is 5.69 Å². The number of anilines is 1. The lowest BCUT2D eigenvalue weighted by atomic mass is 10.3. The first-order valence-corrected chi connectivity index (χ1v) is 8.37. The molecule has 2 rings (SSSR count). The molecule has 0 aliphatic carbocycles. The molecule has 116 valence electrons. The molecule has 0 aliphatic rings. The molecule has 0 bridgehead atoms. The number of rotatable bonds is 6. The molecule has 0 unspecified atom stereocenters. The van der Waals surface area contributed by atoms with E-state index in [9.17, 15) is 4.79 Å². The molecule has 0 radical (unpaired) electrons. The summed E-state index contributed by atoms with van der Waals surface area (Å²) in [6, 6.07) is 11.1. The smallest absolute Gasteiger partial charge is 0.267 e. The van der Waals surface area contributed by atoms with Gasteiger partial charge in [-0.05, 0) is 42.2 Å². The number of thiophene rings is 1. The minimum atomic E-state index is -0.211. The Balaban J connectivity index is 1.95. The summed E-state index contributed by atoms with van der Waals surface area (Å²) in [6.45, 7) is 2.77. The number of unbranched alkanes of at least 4 members (excludes halogenated alkanes) is 1. The number of benzene rings is 1. The zero-order valence-corrected chi connectivity index (χ0v) is 13.9. The van der Waals surface area contributed by atoms with Crippen molar-refractivity contribution < 1.29 is 9.53 Å². The third-order valence-electron chi connectivity index (χ3n) is 2.86. The zero-order valence-electron chi connectivity index (χ0n) is 12.3. The first kappa shape index (κ1) is 16.5. The minimum absolute atomic E-state index is 0.211. The molecule has 1 heterocycles. The summed E-state index contributed by atoms with van der Waals surface area (Å²) in [5, 5.41) is 7.78. The van der Waals surface area contributed by atoms with Gasteiger partial charge in [0.25, 0.3) is 5.91 Å². The lowest BCUT2D eigenvalue weighted by Crippen LogP contribution is -2.33. The Morgan fingerprint density at radius 2 is 2.09 bits per heavy atom. The fourth-order valence-electron chi connectivity index (χ4n) is 1.75. The topological polar surface area (TPSA) is 50.4 Å². The Bertz CT molecular complexity index is 627. The van der Waals surface area contributed by atoms with Gasteiger partial charge in [-0.2, -0.15) is 0 Å². The van der Waals surface area contributed by atoms with Crippen molar-refractivity contribution in [1.82, 2.24) is 5.32 Å². The Labute approximate surface area is 139 Å². The van der Waals surface area contributed by atoms with Crippen LogP contribution < -0.4 is 15.4 Å². The number of para-hydroxylation sites is 2. The molecule has 4 nitrogen and oxygen atoms in total. The van der Waals surface area contributed by atoms with Gasteiger partial charge >= 0.3 is 0 Å². The van der Waals surface area contributed by atoms with Gasteiger partial charge in [0.1, 0.15) is 5.75 Å². The maximum atomic E-state index is 11.9. The Morgan fingerprint density at radius 1 is 1.27 bits per heavy atom. The number of carbonyl (C=O) groups excluding carboxylic acids is 1. The second kappa shape index (κ2) is 8.51. The highest BCUT2D eigenvalue weighted by atomic mass is 32.1. The zero-order chi connectivity index (χ0) is 15.8. The number of hydrogen-bond donors (Lipinski definition) is 2. The van der Waals surface area contributed by atoms with E-state index >= 15 is 0 Å². The summed E-state index contributed by atoms with van der Waals surface area (Å²) in [6.07, 6.45) is 2.07. The van der Waals surface area contributed by atoms with Crippen molar-refractivity contribution in [3.63, 3.8) is 0 Å². The van der Waals surface area contributed by atoms with E-state index in [1.165, 1.54) is 11.3 Å². The summed E-state index contributed by atoms with van der Waals surface area (Å²) in [7, 11) is 0. The molecule has 2 aromatic rings. The van der Waals surface area contributed by atoms with Crippen LogP contribution in [0.15, 0.2) is 41.8 Å². The van der Waals surface area contributed by atoms with Crippen LogP contribution >= 0.6 is 23.6 Å². The molecule has 22 heavy (non-hydrogen) atoms. The van der Waals surface area contributed by atoms with E-state index in [2.05, 4.69) is 17.6 Å². The summed E-state index contributed by atoms with van der Waals surface area (Å²) in [5.41, 5.74) is 0.745. The van der Waals surface area contributed by atoms with Crippen LogP contribution in [0.1, 0.15) is 29.4 Å². The largest absolute Gasteiger partial charge is 0.491 e. The molecule has 0 spiro atoms. The van der Waals surface area contributed by atoms with E-state index < -0.39 is 0 Å². The Hall–Kier alpha value is -1.92. The van der Waals surface area contributed by atoms with Gasteiger partial charge in [-0.15, -0.1) is 11.3 Å². The number of carbonyl (C=O) groups is 1. The second-order valence-corrected chi connectivity index (χ2v) is 5.94. The first-order chi connectivity index (χ1) is 10.7. The molecular weight excluding hydrogens is 316 g/mol. The van der Waals surface area contributed by atoms with Gasteiger partial charge in [-0.25, -0.2) is 0 Å². The van der Waals surface area contributed by atoms with Gasteiger partial charge in [0.05, 0.1) is 17.2 Å². The normalized spacial score (nSPS) is 10.0. The van der Waals surface area contributed by atoms with E-state index in [0.717, 1.165) is 24.3 Å². The molecule has 0 atom stereocenters. The molecule has 0 aliphatic heterocycles. The number of hydrogen-bond acceptors (Lipinski definition) is 4. The molecule has 2 N–H and O–H groups in total. The van der Waals surface area contributed by atoms with Gasteiger partial charge in [-0.1, -0.05) is 31.5 Å². The highest BCUT2D eigenvalue weighted by Gasteiger charge is 2.10. The van der Waals surface area contributed by atoms with Gasteiger partial charge in [-0.3, -0.25) is 10.1 Å². The van der Waals surface area contributed by atoms with Crippen LogP contribution in [0.5, 0.6) is 5.75 Å². The van der Waals surface area contributed by atoms with Crippen molar-refractivity contribution >= 4 is 40.3 Å². The SMILES string of the molecule is CCCCOc1ccccc1NC(=S)NC(=O)c1cccs1. The molecule has 6 heteroatoms. The monoisotopic (exact) mass is 334 g/mol. The Morgan fingerprint density at radius 3 is 2.82 bits per heavy atom. The fraction of sp³-hybridized carbons (Fsp3) is 0.250. The van der Waals surface area contributed by atoms with Crippen molar-refractivity contribution in [2.75, 3.05) is 11.9 Å². The summed E-state index contributed by atoms with van der Waals surface area (Å²) >= 11 is 6.56. The van der Waals surface area contributed by atoms with Crippen molar-refractivity contribution in [2.24, 2.45) is 0 Å². The van der Waals surface area contributed by atoms with E-state index in [1.54, 1.807) is 6.07 Å². The number of nitrogens with one attached hydrogen (secondary N) is 2. The van der Waals surface area contributed by atoms with Gasteiger partial charge < -0.3 is 10.1 Å². The molecule has 0 fully saturated rings. The van der Waals surface area contributed by atoms with Crippen LogP contribution in [-0.2, 0) is 0 Å². The predicted octanol–water partition coefficient (Wildman–Crippen LogP) is 4.05. The average molecular weight is 334 g/mol. The van der Waals surface area contributed by atoms with Gasteiger partial charge in [0, 0.05) is 0 Å².